The van der Waals surface area contributed by atoms with Crippen molar-refractivity contribution >= 4 is 11.7 Å². The summed E-state index contributed by atoms with van der Waals surface area (Å²) in [5.41, 5.74) is 7.00. The van der Waals surface area contributed by atoms with Gasteiger partial charge in [0.05, 0.1) is 0 Å². The number of hydrogen-bond acceptors (Lipinski definition) is 3. The van der Waals surface area contributed by atoms with Crippen LogP contribution in [0.1, 0.15) is 35.8 Å². The van der Waals surface area contributed by atoms with Crippen LogP contribution in [0, 0.1) is 6.92 Å². The fraction of sp³-hybridized carbons (Fsp3) is 0.500. The molecule has 0 aliphatic heterocycles. The van der Waals surface area contributed by atoms with Crippen molar-refractivity contribution in [3.8, 4) is 0 Å². The highest BCUT2D eigenvalue weighted by Crippen LogP contribution is 2.09. The minimum absolute atomic E-state index is 0.00523. The summed E-state index contributed by atoms with van der Waals surface area (Å²) in [7, 11) is 1.81. The van der Waals surface area contributed by atoms with Crippen LogP contribution in [0.3, 0.4) is 0 Å². The highest BCUT2D eigenvalue weighted by molar-refractivity contribution is 5.94. The summed E-state index contributed by atoms with van der Waals surface area (Å²) in [4.78, 5) is 17.8. The summed E-state index contributed by atoms with van der Waals surface area (Å²) in [5.74, 6) is 0.401. The Kier molecular flexibility index (Phi) is 4.28. The Morgan fingerprint density at radius 2 is 2.19 bits per heavy atom. The molecule has 88 valence electrons. The van der Waals surface area contributed by atoms with Crippen LogP contribution >= 0.6 is 0 Å². The summed E-state index contributed by atoms with van der Waals surface area (Å²) < 4.78 is 0. The third kappa shape index (κ3) is 3.22. The lowest BCUT2D eigenvalue weighted by Crippen LogP contribution is -2.27. The SMILES string of the molecule is CCCCN(C)C(=O)c1cc(C)nc(N)c1. The summed E-state index contributed by atoms with van der Waals surface area (Å²) in [6.45, 7) is 4.71. The Hall–Kier alpha value is -1.58. The van der Waals surface area contributed by atoms with Gasteiger partial charge in [0, 0.05) is 24.8 Å². The lowest BCUT2D eigenvalue weighted by molar-refractivity contribution is 0.0793. The van der Waals surface area contributed by atoms with E-state index < -0.39 is 0 Å². The third-order valence-corrected chi connectivity index (χ3v) is 2.41. The Labute approximate surface area is 96.5 Å². The van der Waals surface area contributed by atoms with Gasteiger partial charge in [0.15, 0.2) is 0 Å². The topological polar surface area (TPSA) is 59.2 Å². The largest absolute Gasteiger partial charge is 0.384 e. The minimum atomic E-state index is 0.00523. The minimum Gasteiger partial charge on any atom is -0.384 e. The van der Waals surface area contributed by atoms with Crippen LogP contribution in [-0.2, 0) is 0 Å². The number of anilines is 1. The first-order valence-corrected chi connectivity index (χ1v) is 5.54. The lowest BCUT2D eigenvalue weighted by Gasteiger charge is -2.17. The van der Waals surface area contributed by atoms with E-state index in [1.54, 1.807) is 17.0 Å². The first-order valence-electron chi connectivity index (χ1n) is 5.54. The Bertz CT molecular complexity index is 356. The molecular weight excluding hydrogens is 202 g/mol. The number of aryl methyl sites for hydroxylation is 1. The molecule has 2 N–H and O–H groups in total. The number of unbranched alkanes of at least 4 members (excludes halogenated alkanes) is 1. The molecule has 1 rings (SSSR count). The summed E-state index contributed by atoms with van der Waals surface area (Å²) >= 11 is 0. The average molecular weight is 221 g/mol. The van der Waals surface area contributed by atoms with Gasteiger partial charge in [-0.15, -0.1) is 0 Å². The molecule has 0 saturated heterocycles. The van der Waals surface area contributed by atoms with Crippen molar-refractivity contribution in [3.05, 3.63) is 23.4 Å². The predicted molar refractivity (Wildman–Crippen MR) is 65.3 cm³/mol. The van der Waals surface area contributed by atoms with Crippen molar-refractivity contribution in [3.63, 3.8) is 0 Å². The number of carbonyl (C=O) groups is 1. The molecular formula is C12H19N3O. The van der Waals surface area contributed by atoms with Crippen molar-refractivity contribution in [1.29, 1.82) is 0 Å². The van der Waals surface area contributed by atoms with Gasteiger partial charge in [0.2, 0.25) is 0 Å². The molecule has 1 heterocycles. The second-order valence-electron chi connectivity index (χ2n) is 4.00. The van der Waals surface area contributed by atoms with Gasteiger partial charge in [-0.25, -0.2) is 4.98 Å². The van der Waals surface area contributed by atoms with Gasteiger partial charge in [-0.2, -0.15) is 0 Å². The van der Waals surface area contributed by atoms with Crippen LogP contribution < -0.4 is 5.73 Å². The third-order valence-electron chi connectivity index (χ3n) is 2.41. The number of aromatic nitrogens is 1. The van der Waals surface area contributed by atoms with Crippen molar-refractivity contribution in [2.24, 2.45) is 0 Å². The van der Waals surface area contributed by atoms with E-state index in [0.29, 0.717) is 11.4 Å². The van der Waals surface area contributed by atoms with Gasteiger partial charge >= 0.3 is 0 Å². The number of amides is 1. The molecule has 0 fully saturated rings. The molecule has 0 atom stereocenters. The molecule has 0 bridgehead atoms. The number of hydrogen-bond donors (Lipinski definition) is 1. The van der Waals surface area contributed by atoms with Crippen LogP contribution in [0.4, 0.5) is 5.82 Å². The highest BCUT2D eigenvalue weighted by atomic mass is 16.2. The number of carbonyl (C=O) groups excluding carboxylic acids is 1. The molecule has 16 heavy (non-hydrogen) atoms. The first kappa shape index (κ1) is 12.5. The second-order valence-corrected chi connectivity index (χ2v) is 4.00. The van der Waals surface area contributed by atoms with E-state index in [-0.39, 0.29) is 5.91 Å². The highest BCUT2D eigenvalue weighted by Gasteiger charge is 2.12. The monoisotopic (exact) mass is 221 g/mol. The zero-order valence-corrected chi connectivity index (χ0v) is 10.2. The Morgan fingerprint density at radius 1 is 1.50 bits per heavy atom. The zero-order valence-electron chi connectivity index (χ0n) is 10.2. The fourth-order valence-corrected chi connectivity index (χ4v) is 1.53. The molecule has 0 radical (unpaired) electrons. The second kappa shape index (κ2) is 5.49. The predicted octanol–water partition coefficient (Wildman–Crippen LogP) is 1.84. The number of rotatable bonds is 4. The average Bonchev–Trinajstić information content (AvgIpc) is 2.23. The van der Waals surface area contributed by atoms with E-state index >= 15 is 0 Å². The Morgan fingerprint density at radius 3 is 2.75 bits per heavy atom. The van der Waals surface area contributed by atoms with E-state index in [9.17, 15) is 4.79 Å². The maximum atomic E-state index is 12.0. The van der Waals surface area contributed by atoms with Gasteiger partial charge in [-0.1, -0.05) is 13.3 Å². The fourth-order valence-electron chi connectivity index (χ4n) is 1.53. The van der Waals surface area contributed by atoms with E-state index in [0.717, 1.165) is 25.1 Å². The zero-order chi connectivity index (χ0) is 12.1. The maximum Gasteiger partial charge on any atom is 0.253 e. The number of nitrogen functional groups attached to an aromatic ring is 1. The smallest absolute Gasteiger partial charge is 0.253 e. The molecule has 0 saturated carbocycles. The van der Waals surface area contributed by atoms with Gasteiger partial charge in [0.25, 0.3) is 5.91 Å². The summed E-state index contributed by atoms with van der Waals surface area (Å²) in [6.07, 6.45) is 2.09. The molecule has 0 unspecified atom stereocenters. The maximum absolute atomic E-state index is 12.0. The van der Waals surface area contributed by atoms with Crippen LogP contribution in [0.2, 0.25) is 0 Å². The van der Waals surface area contributed by atoms with E-state index in [4.69, 9.17) is 5.73 Å². The Balaban J connectivity index is 2.79. The van der Waals surface area contributed by atoms with Crippen molar-refractivity contribution < 1.29 is 4.79 Å². The molecule has 0 spiro atoms. The molecule has 0 aliphatic rings. The molecule has 0 aliphatic carbocycles. The molecule has 4 heteroatoms. The van der Waals surface area contributed by atoms with E-state index in [1.807, 2.05) is 14.0 Å². The van der Waals surface area contributed by atoms with Gasteiger partial charge in [0.1, 0.15) is 5.82 Å². The van der Waals surface area contributed by atoms with Crippen LogP contribution in [0.5, 0.6) is 0 Å². The molecule has 0 aromatic carbocycles. The number of nitrogens with zero attached hydrogens (tertiary/aromatic N) is 2. The van der Waals surface area contributed by atoms with Crippen molar-refractivity contribution in [2.75, 3.05) is 19.3 Å². The molecule has 4 nitrogen and oxygen atoms in total. The number of pyridine rings is 1. The lowest BCUT2D eigenvalue weighted by atomic mass is 10.2. The van der Waals surface area contributed by atoms with Crippen LogP contribution in [-0.4, -0.2) is 29.4 Å². The van der Waals surface area contributed by atoms with E-state index in [2.05, 4.69) is 11.9 Å². The van der Waals surface area contributed by atoms with E-state index in [1.165, 1.54) is 0 Å². The van der Waals surface area contributed by atoms with Gasteiger partial charge < -0.3 is 10.6 Å². The van der Waals surface area contributed by atoms with Crippen molar-refractivity contribution in [2.45, 2.75) is 26.7 Å². The normalized spacial score (nSPS) is 10.2. The summed E-state index contributed by atoms with van der Waals surface area (Å²) in [5, 5.41) is 0. The first-order chi connectivity index (χ1) is 7.54. The quantitative estimate of drug-likeness (QED) is 0.844. The van der Waals surface area contributed by atoms with Gasteiger partial charge in [-0.05, 0) is 25.5 Å². The standard InChI is InChI=1S/C12H19N3O/c1-4-5-6-15(3)12(16)10-7-9(2)14-11(13)8-10/h7-8H,4-6H2,1-3H3,(H2,13,14). The molecule has 1 aromatic rings. The van der Waals surface area contributed by atoms with Crippen LogP contribution in [0.25, 0.3) is 0 Å². The van der Waals surface area contributed by atoms with Gasteiger partial charge in [-0.3, -0.25) is 4.79 Å². The summed E-state index contributed by atoms with van der Waals surface area (Å²) in [6, 6.07) is 3.39. The molecule has 1 amide bonds. The number of nitrogens with two attached hydrogens (primary N) is 1. The molecule has 1 aromatic heterocycles. The van der Waals surface area contributed by atoms with Crippen LogP contribution in [0.15, 0.2) is 12.1 Å². The van der Waals surface area contributed by atoms with Crippen molar-refractivity contribution in [1.82, 2.24) is 9.88 Å².